The van der Waals surface area contributed by atoms with Gasteiger partial charge in [0.05, 0.1) is 23.6 Å². The molecule has 0 spiro atoms. The van der Waals surface area contributed by atoms with E-state index in [4.69, 9.17) is 10.2 Å². The normalized spacial score (nSPS) is 11.9. The van der Waals surface area contributed by atoms with E-state index in [1.54, 1.807) is 13.1 Å². The van der Waals surface area contributed by atoms with Gasteiger partial charge in [-0.05, 0) is 25.5 Å². The maximum atomic E-state index is 12.6. The first-order valence-electron chi connectivity index (χ1n) is 7.86. The third-order valence-corrected chi connectivity index (χ3v) is 3.71. The topological polar surface area (TPSA) is 120 Å². The Kier molecular flexibility index (Phi) is 4.69. The Balaban J connectivity index is 1.86. The van der Waals surface area contributed by atoms with Crippen molar-refractivity contribution in [3.63, 3.8) is 0 Å². The number of nitrogens with zero attached hydrogens (tertiary/aromatic N) is 4. The molecule has 3 aromatic rings. The fourth-order valence-electron chi connectivity index (χ4n) is 2.44. The SMILES string of the molecule is CCC(NC(=O)c1nc(C)c(-c2ncco2)nc1N)c1ccccn1. The fraction of sp³-hybridized carbons (Fsp3) is 0.235. The quantitative estimate of drug-likeness (QED) is 0.732. The summed E-state index contributed by atoms with van der Waals surface area (Å²) in [7, 11) is 0. The summed E-state index contributed by atoms with van der Waals surface area (Å²) in [6, 6.07) is 5.33. The fourth-order valence-corrected chi connectivity index (χ4v) is 2.44. The van der Waals surface area contributed by atoms with E-state index in [-0.39, 0.29) is 17.6 Å². The first-order chi connectivity index (χ1) is 12.1. The van der Waals surface area contributed by atoms with E-state index >= 15 is 0 Å². The van der Waals surface area contributed by atoms with Crippen LogP contribution in [0.3, 0.4) is 0 Å². The van der Waals surface area contributed by atoms with Crippen LogP contribution in [0.25, 0.3) is 11.6 Å². The highest BCUT2D eigenvalue weighted by atomic mass is 16.3. The van der Waals surface area contributed by atoms with Crippen LogP contribution in [-0.2, 0) is 0 Å². The zero-order valence-corrected chi connectivity index (χ0v) is 13.9. The summed E-state index contributed by atoms with van der Waals surface area (Å²) in [5.74, 6) is -0.0692. The number of hydrogen-bond donors (Lipinski definition) is 2. The van der Waals surface area contributed by atoms with Crippen molar-refractivity contribution in [3.05, 3.63) is 53.9 Å². The maximum absolute atomic E-state index is 12.6. The lowest BCUT2D eigenvalue weighted by atomic mass is 10.1. The molecule has 3 aromatic heterocycles. The zero-order valence-electron chi connectivity index (χ0n) is 13.9. The maximum Gasteiger partial charge on any atom is 0.274 e. The Morgan fingerprint density at radius 3 is 2.76 bits per heavy atom. The van der Waals surface area contributed by atoms with E-state index in [0.717, 1.165) is 5.69 Å². The van der Waals surface area contributed by atoms with Crippen molar-refractivity contribution >= 4 is 11.7 Å². The Labute approximate surface area is 144 Å². The van der Waals surface area contributed by atoms with Crippen LogP contribution in [0.4, 0.5) is 5.82 Å². The summed E-state index contributed by atoms with van der Waals surface area (Å²) in [5.41, 5.74) is 7.70. The number of aryl methyl sites for hydroxylation is 1. The molecule has 0 bridgehead atoms. The number of nitrogens with one attached hydrogen (secondary N) is 1. The van der Waals surface area contributed by atoms with Crippen LogP contribution in [0.15, 0.2) is 41.3 Å². The van der Waals surface area contributed by atoms with Crippen LogP contribution in [-0.4, -0.2) is 25.8 Å². The minimum Gasteiger partial charge on any atom is -0.443 e. The number of hydrogen-bond acceptors (Lipinski definition) is 7. The van der Waals surface area contributed by atoms with E-state index in [1.165, 1.54) is 12.5 Å². The van der Waals surface area contributed by atoms with Crippen molar-refractivity contribution in [2.75, 3.05) is 5.73 Å². The molecule has 0 aliphatic rings. The van der Waals surface area contributed by atoms with Crippen LogP contribution < -0.4 is 11.1 Å². The Morgan fingerprint density at radius 1 is 1.28 bits per heavy atom. The minimum atomic E-state index is -0.399. The predicted octanol–water partition coefficient (Wildman–Crippen LogP) is 2.30. The predicted molar refractivity (Wildman–Crippen MR) is 91.4 cm³/mol. The number of aromatic nitrogens is 4. The van der Waals surface area contributed by atoms with Gasteiger partial charge in [-0.3, -0.25) is 9.78 Å². The van der Waals surface area contributed by atoms with Gasteiger partial charge in [-0.25, -0.2) is 15.0 Å². The molecule has 8 nitrogen and oxygen atoms in total. The molecule has 0 aromatic carbocycles. The molecule has 3 rings (SSSR count). The van der Waals surface area contributed by atoms with Gasteiger partial charge in [0.1, 0.15) is 12.0 Å². The summed E-state index contributed by atoms with van der Waals surface area (Å²) in [6.07, 6.45) is 5.31. The standard InChI is InChI=1S/C17H18N6O2/c1-3-11(12-6-4-5-7-19-12)22-16(24)14-15(18)23-13(10(2)21-14)17-20-8-9-25-17/h4-9,11H,3H2,1-2H3,(H2,18,23)(H,22,24). The smallest absolute Gasteiger partial charge is 0.274 e. The molecular formula is C17H18N6O2. The van der Waals surface area contributed by atoms with E-state index in [0.29, 0.717) is 23.7 Å². The van der Waals surface area contributed by atoms with Crippen molar-refractivity contribution in [2.24, 2.45) is 0 Å². The van der Waals surface area contributed by atoms with Gasteiger partial charge in [-0.2, -0.15) is 0 Å². The van der Waals surface area contributed by atoms with Gasteiger partial charge in [-0.15, -0.1) is 0 Å². The molecule has 3 heterocycles. The number of carbonyl (C=O) groups excluding carboxylic acids is 1. The number of oxazole rings is 1. The molecule has 1 unspecified atom stereocenters. The summed E-state index contributed by atoms with van der Waals surface area (Å²) in [4.78, 5) is 29.4. The van der Waals surface area contributed by atoms with Gasteiger partial charge >= 0.3 is 0 Å². The van der Waals surface area contributed by atoms with E-state index in [9.17, 15) is 4.79 Å². The molecule has 1 amide bonds. The van der Waals surface area contributed by atoms with Gasteiger partial charge in [0.25, 0.3) is 5.91 Å². The molecule has 8 heteroatoms. The molecule has 0 aliphatic carbocycles. The summed E-state index contributed by atoms with van der Waals surface area (Å²) in [6.45, 7) is 3.68. The van der Waals surface area contributed by atoms with Crippen LogP contribution in [0.2, 0.25) is 0 Å². The van der Waals surface area contributed by atoms with E-state index in [1.807, 2.05) is 25.1 Å². The molecule has 128 valence electrons. The molecule has 0 aliphatic heterocycles. The third kappa shape index (κ3) is 3.47. The monoisotopic (exact) mass is 338 g/mol. The number of nitrogens with two attached hydrogens (primary N) is 1. The Hall–Kier alpha value is -3.29. The number of pyridine rings is 1. The van der Waals surface area contributed by atoms with Crippen LogP contribution in [0.5, 0.6) is 0 Å². The van der Waals surface area contributed by atoms with Crippen LogP contribution in [0.1, 0.15) is 41.3 Å². The first kappa shape index (κ1) is 16.6. The van der Waals surface area contributed by atoms with Gasteiger partial charge < -0.3 is 15.5 Å². The lowest BCUT2D eigenvalue weighted by molar-refractivity contribution is 0.0930. The van der Waals surface area contributed by atoms with Crippen molar-refractivity contribution in [3.8, 4) is 11.6 Å². The first-order valence-corrected chi connectivity index (χ1v) is 7.86. The molecule has 1 atom stereocenters. The van der Waals surface area contributed by atoms with Crippen LogP contribution in [0, 0.1) is 6.92 Å². The zero-order chi connectivity index (χ0) is 17.8. The number of carbonyl (C=O) groups is 1. The van der Waals surface area contributed by atoms with Crippen molar-refractivity contribution in [1.29, 1.82) is 0 Å². The Morgan fingerprint density at radius 2 is 2.12 bits per heavy atom. The average Bonchev–Trinajstić information content (AvgIpc) is 3.16. The number of amides is 1. The van der Waals surface area contributed by atoms with Crippen molar-refractivity contribution < 1.29 is 9.21 Å². The number of anilines is 1. The van der Waals surface area contributed by atoms with Gasteiger partial charge in [-0.1, -0.05) is 13.0 Å². The molecule has 25 heavy (non-hydrogen) atoms. The third-order valence-electron chi connectivity index (χ3n) is 3.71. The highest BCUT2D eigenvalue weighted by Crippen LogP contribution is 2.21. The minimum absolute atomic E-state index is 0.0205. The van der Waals surface area contributed by atoms with Gasteiger partial charge in [0.2, 0.25) is 5.89 Å². The lowest BCUT2D eigenvalue weighted by Crippen LogP contribution is -2.30. The molecular weight excluding hydrogens is 320 g/mol. The average molecular weight is 338 g/mol. The van der Waals surface area contributed by atoms with Gasteiger partial charge in [0.15, 0.2) is 11.5 Å². The van der Waals surface area contributed by atoms with Gasteiger partial charge in [0, 0.05) is 6.20 Å². The molecule has 0 saturated heterocycles. The van der Waals surface area contributed by atoms with Crippen LogP contribution >= 0.6 is 0 Å². The molecule has 0 radical (unpaired) electrons. The molecule has 0 fully saturated rings. The lowest BCUT2D eigenvalue weighted by Gasteiger charge is -2.17. The number of rotatable bonds is 5. The summed E-state index contributed by atoms with van der Waals surface area (Å²) >= 11 is 0. The Bertz CT molecular complexity index is 864. The highest BCUT2D eigenvalue weighted by Gasteiger charge is 2.21. The second kappa shape index (κ2) is 7.08. The highest BCUT2D eigenvalue weighted by molar-refractivity contribution is 5.96. The van der Waals surface area contributed by atoms with Crippen molar-refractivity contribution in [2.45, 2.75) is 26.3 Å². The van der Waals surface area contributed by atoms with Crippen molar-refractivity contribution in [1.82, 2.24) is 25.3 Å². The van der Waals surface area contributed by atoms with E-state index in [2.05, 4.69) is 25.3 Å². The second-order valence-corrected chi connectivity index (χ2v) is 5.42. The number of nitrogen functional groups attached to an aromatic ring is 1. The second-order valence-electron chi connectivity index (χ2n) is 5.42. The summed E-state index contributed by atoms with van der Waals surface area (Å²) in [5, 5.41) is 2.90. The largest absolute Gasteiger partial charge is 0.443 e. The summed E-state index contributed by atoms with van der Waals surface area (Å²) < 4.78 is 5.22. The molecule has 0 saturated carbocycles. The van der Waals surface area contributed by atoms with E-state index < -0.39 is 5.91 Å². The molecule has 3 N–H and O–H groups in total.